The van der Waals surface area contributed by atoms with Gasteiger partial charge in [0.2, 0.25) is 0 Å². The summed E-state index contributed by atoms with van der Waals surface area (Å²) in [6.07, 6.45) is 3.14. The molecule has 0 aromatic rings. The standard InChI is InChI=1S/C12H24N2O2/c1-4-14(3)11-9-12(15-7-8-16-12)6-5-10(11)13-2/h10-11,13H,4-9H2,1-3H3. The summed E-state index contributed by atoms with van der Waals surface area (Å²) >= 11 is 0. The van der Waals surface area contributed by atoms with Gasteiger partial charge in [0.15, 0.2) is 5.79 Å². The molecular formula is C12H24N2O2. The number of nitrogens with one attached hydrogen (secondary N) is 1. The van der Waals surface area contributed by atoms with Gasteiger partial charge in [-0.15, -0.1) is 0 Å². The van der Waals surface area contributed by atoms with E-state index in [-0.39, 0.29) is 5.79 Å². The van der Waals surface area contributed by atoms with E-state index < -0.39 is 0 Å². The summed E-state index contributed by atoms with van der Waals surface area (Å²) in [4.78, 5) is 2.40. The van der Waals surface area contributed by atoms with Crippen molar-refractivity contribution in [2.45, 2.75) is 44.1 Å². The molecule has 0 bridgehead atoms. The van der Waals surface area contributed by atoms with Gasteiger partial charge >= 0.3 is 0 Å². The van der Waals surface area contributed by atoms with Crippen molar-refractivity contribution >= 4 is 0 Å². The van der Waals surface area contributed by atoms with Crippen LogP contribution < -0.4 is 5.32 Å². The van der Waals surface area contributed by atoms with Gasteiger partial charge < -0.3 is 19.7 Å². The van der Waals surface area contributed by atoms with E-state index in [4.69, 9.17) is 9.47 Å². The van der Waals surface area contributed by atoms with Crippen LogP contribution in [-0.2, 0) is 9.47 Å². The molecule has 0 amide bonds. The molecule has 2 rings (SSSR count). The lowest BCUT2D eigenvalue weighted by Crippen LogP contribution is -2.56. The molecule has 1 spiro atoms. The molecule has 2 unspecified atom stereocenters. The van der Waals surface area contributed by atoms with E-state index in [1.54, 1.807) is 0 Å². The number of hydrogen-bond acceptors (Lipinski definition) is 4. The van der Waals surface area contributed by atoms with Gasteiger partial charge in [-0.05, 0) is 27.1 Å². The SMILES string of the molecule is CCN(C)C1CC2(CCC1NC)OCCO2. The molecule has 1 heterocycles. The zero-order valence-electron chi connectivity index (χ0n) is 10.7. The number of hydrogen-bond donors (Lipinski definition) is 1. The molecule has 2 fully saturated rings. The number of nitrogens with zero attached hydrogens (tertiary/aromatic N) is 1. The molecule has 16 heavy (non-hydrogen) atoms. The molecule has 4 heteroatoms. The summed E-state index contributed by atoms with van der Waals surface area (Å²) in [5.74, 6) is -0.276. The van der Waals surface area contributed by atoms with Crippen molar-refractivity contribution in [3.63, 3.8) is 0 Å². The van der Waals surface area contributed by atoms with Crippen LogP contribution in [0.25, 0.3) is 0 Å². The normalized spacial score (nSPS) is 33.8. The Balaban J connectivity index is 2.05. The Morgan fingerprint density at radius 2 is 2.06 bits per heavy atom. The lowest BCUT2D eigenvalue weighted by molar-refractivity contribution is -0.192. The van der Waals surface area contributed by atoms with E-state index >= 15 is 0 Å². The lowest BCUT2D eigenvalue weighted by Gasteiger charge is -2.44. The molecule has 94 valence electrons. The van der Waals surface area contributed by atoms with Gasteiger partial charge in [0, 0.05) is 24.9 Å². The van der Waals surface area contributed by atoms with Crippen molar-refractivity contribution in [1.29, 1.82) is 0 Å². The Labute approximate surface area is 98.3 Å². The van der Waals surface area contributed by atoms with Crippen molar-refractivity contribution in [2.24, 2.45) is 0 Å². The molecule has 2 aliphatic rings. The quantitative estimate of drug-likeness (QED) is 0.775. The second-order valence-corrected chi connectivity index (χ2v) is 4.89. The van der Waals surface area contributed by atoms with Crippen LogP contribution in [0, 0.1) is 0 Å². The minimum Gasteiger partial charge on any atom is -0.347 e. The molecule has 0 radical (unpaired) electrons. The largest absolute Gasteiger partial charge is 0.347 e. The molecular weight excluding hydrogens is 204 g/mol. The van der Waals surface area contributed by atoms with Crippen molar-refractivity contribution in [3.8, 4) is 0 Å². The molecule has 4 nitrogen and oxygen atoms in total. The van der Waals surface area contributed by atoms with Gasteiger partial charge in [0.1, 0.15) is 0 Å². The fourth-order valence-corrected chi connectivity index (χ4v) is 2.92. The second kappa shape index (κ2) is 5.00. The first-order valence-electron chi connectivity index (χ1n) is 6.36. The van der Waals surface area contributed by atoms with Gasteiger partial charge in [0.05, 0.1) is 13.2 Å². The molecule has 1 aliphatic carbocycles. The average molecular weight is 228 g/mol. The van der Waals surface area contributed by atoms with E-state index in [0.29, 0.717) is 12.1 Å². The first kappa shape index (κ1) is 12.3. The summed E-state index contributed by atoms with van der Waals surface area (Å²) in [5.41, 5.74) is 0. The maximum atomic E-state index is 5.82. The lowest BCUT2D eigenvalue weighted by atomic mass is 9.85. The first-order chi connectivity index (χ1) is 7.71. The minimum absolute atomic E-state index is 0.276. The van der Waals surface area contributed by atoms with Crippen molar-refractivity contribution in [1.82, 2.24) is 10.2 Å². The van der Waals surface area contributed by atoms with E-state index in [2.05, 4.69) is 31.2 Å². The third-order valence-electron chi connectivity index (χ3n) is 4.07. The number of likely N-dealkylation sites (N-methyl/N-ethyl adjacent to an activating group) is 2. The summed E-state index contributed by atoms with van der Waals surface area (Å²) in [5, 5.41) is 3.42. The summed E-state index contributed by atoms with van der Waals surface area (Å²) in [6.45, 7) is 4.78. The van der Waals surface area contributed by atoms with Crippen LogP contribution in [0.15, 0.2) is 0 Å². The molecule has 1 N–H and O–H groups in total. The van der Waals surface area contributed by atoms with Crippen LogP contribution in [0.3, 0.4) is 0 Å². The Morgan fingerprint density at radius 1 is 1.38 bits per heavy atom. The Hall–Kier alpha value is -0.160. The van der Waals surface area contributed by atoms with Crippen LogP contribution >= 0.6 is 0 Å². The summed E-state index contributed by atoms with van der Waals surface area (Å²) in [6, 6.07) is 1.07. The van der Waals surface area contributed by atoms with Gasteiger partial charge in [0.25, 0.3) is 0 Å². The predicted molar refractivity (Wildman–Crippen MR) is 63.4 cm³/mol. The zero-order valence-corrected chi connectivity index (χ0v) is 10.7. The predicted octanol–water partition coefficient (Wildman–Crippen LogP) is 0.822. The van der Waals surface area contributed by atoms with E-state index in [1.165, 1.54) is 0 Å². The maximum Gasteiger partial charge on any atom is 0.170 e. The Morgan fingerprint density at radius 3 is 2.62 bits per heavy atom. The van der Waals surface area contributed by atoms with E-state index in [0.717, 1.165) is 39.0 Å². The van der Waals surface area contributed by atoms with Crippen molar-refractivity contribution in [2.75, 3.05) is 33.9 Å². The highest BCUT2D eigenvalue weighted by atomic mass is 16.7. The van der Waals surface area contributed by atoms with Crippen LogP contribution in [0.4, 0.5) is 0 Å². The highest BCUT2D eigenvalue weighted by Gasteiger charge is 2.45. The molecule has 1 aliphatic heterocycles. The Kier molecular flexibility index (Phi) is 3.85. The van der Waals surface area contributed by atoms with Gasteiger partial charge in [-0.1, -0.05) is 6.92 Å². The Bertz CT molecular complexity index is 229. The zero-order chi connectivity index (χ0) is 11.6. The third-order valence-corrected chi connectivity index (χ3v) is 4.07. The molecule has 1 saturated carbocycles. The van der Waals surface area contributed by atoms with Gasteiger partial charge in [-0.3, -0.25) is 0 Å². The minimum atomic E-state index is -0.276. The monoisotopic (exact) mass is 228 g/mol. The topological polar surface area (TPSA) is 33.7 Å². The van der Waals surface area contributed by atoms with Crippen molar-refractivity contribution < 1.29 is 9.47 Å². The average Bonchev–Trinajstić information content (AvgIpc) is 2.76. The molecule has 0 aromatic heterocycles. The smallest absolute Gasteiger partial charge is 0.170 e. The molecule has 0 aromatic carbocycles. The highest BCUT2D eigenvalue weighted by molar-refractivity contribution is 4.95. The summed E-state index contributed by atoms with van der Waals surface area (Å²) in [7, 11) is 4.23. The molecule has 2 atom stereocenters. The van der Waals surface area contributed by atoms with Crippen molar-refractivity contribution in [3.05, 3.63) is 0 Å². The first-order valence-corrected chi connectivity index (χ1v) is 6.36. The number of rotatable bonds is 3. The van der Waals surface area contributed by atoms with Crippen LogP contribution in [-0.4, -0.2) is 56.6 Å². The fourth-order valence-electron chi connectivity index (χ4n) is 2.92. The van der Waals surface area contributed by atoms with E-state index in [1.807, 2.05) is 0 Å². The van der Waals surface area contributed by atoms with Gasteiger partial charge in [-0.25, -0.2) is 0 Å². The summed E-state index contributed by atoms with van der Waals surface area (Å²) < 4.78 is 11.6. The van der Waals surface area contributed by atoms with Crippen LogP contribution in [0.5, 0.6) is 0 Å². The maximum absolute atomic E-state index is 5.82. The van der Waals surface area contributed by atoms with Crippen LogP contribution in [0.2, 0.25) is 0 Å². The fraction of sp³-hybridized carbons (Fsp3) is 1.00. The highest BCUT2D eigenvalue weighted by Crippen LogP contribution is 2.37. The van der Waals surface area contributed by atoms with Gasteiger partial charge in [-0.2, -0.15) is 0 Å². The molecule has 1 saturated heterocycles. The van der Waals surface area contributed by atoms with Crippen LogP contribution in [0.1, 0.15) is 26.2 Å². The number of ether oxygens (including phenoxy) is 2. The third kappa shape index (κ3) is 2.25. The second-order valence-electron chi connectivity index (χ2n) is 4.89. The van der Waals surface area contributed by atoms with E-state index in [9.17, 15) is 0 Å².